The van der Waals surface area contributed by atoms with Crippen molar-refractivity contribution >= 4 is 37.1 Å². The molecule has 1 aliphatic carbocycles. The Kier molecular flexibility index (Phi) is 5.71. The maximum Gasteiger partial charge on any atom is 0.214 e. The van der Waals surface area contributed by atoms with Gasteiger partial charge in [-0.1, -0.05) is 6.07 Å². The molecule has 0 aliphatic heterocycles. The van der Waals surface area contributed by atoms with Crippen molar-refractivity contribution in [1.29, 1.82) is 0 Å². The maximum absolute atomic E-state index is 12.0. The Morgan fingerprint density at radius 3 is 2.56 bits per heavy atom. The summed E-state index contributed by atoms with van der Waals surface area (Å²) in [4.78, 5) is 0. The van der Waals surface area contributed by atoms with E-state index >= 15 is 0 Å². The summed E-state index contributed by atoms with van der Waals surface area (Å²) in [6.07, 6.45) is 4.00. The topological polar surface area (TPSA) is 58.2 Å². The lowest BCUT2D eigenvalue weighted by Crippen LogP contribution is -2.41. The minimum Gasteiger partial charge on any atom is -0.385 e. The predicted molar refractivity (Wildman–Crippen MR) is 108 cm³/mol. The second-order valence-corrected chi connectivity index (χ2v) is 10.6. The van der Waals surface area contributed by atoms with Crippen LogP contribution in [0.4, 0.5) is 5.69 Å². The first-order valence-corrected chi connectivity index (χ1v) is 11.5. The highest BCUT2D eigenvalue weighted by atomic mass is 32.2. The van der Waals surface area contributed by atoms with Crippen LogP contribution in [0.3, 0.4) is 0 Å². The molecule has 25 heavy (non-hydrogen) atoms. The molecular weight excluding hydrogens is 352 g/mol. The zero-order valence-electron chi connectivity index (χ0n) is 15.2. The van der Waals surface area contributed by atoms with Gasteiger partial charge in [-0.15, -0.1) is 11.3 Å². The Morgan fingerprint density at radius 2 is 1.88 bits per heavy atom. The van der Waals surface area contributed by atoms with E-state index in [1.165, 1.54) is 21.3 Å². The number of sulfonamides is 1. The van der Waals surface area contributed by atoms with E-state index in [1.807, 2.05) is 0 Å². The van der Waals surface area contributed by atoms with Crippen molar-refractivity contribution in [3.05, 3.63) is 29.1 Å². The first-order valence-electron chi connectivity index (χ1n) is 9.08. The zero-order chi connectivity index (χ0) is 18.0. The van der Waals surface area contributed by atoms with Gasteiger partial charge in [-0.05, 0) is 80.8 Å². The lowest BCUT2D eigenvalue weighted by Gasteiger charge is -2.30. The van der Waals surface area contributed by atoms with Crippen molar-refractivity contribution in [2.75, 3.05) is 11.9 Å². The molecule has 6 heteroatoms. The van der Waals surface area contributed by atoms with Crippen LogP contribution in [0.2, 0.25) is 0 Å². The fourth-order valence-corrected chi connectivity index (χ4v) is 5.36. The Hall–Kier alpha value is -1.11. The van der Waals surface area contributed by atoms with Crippen LogP contribution < -0.4 is 10.0 Å². The van der Waals surface area contributed by atoms with Crippen LogP contribution in [-0.2, 0) is 10.0 Å². The van der Waals surface area contributed by atoms with Crippen LogP contribution in [0.5, 0.6) is 0 Å². The van der Waals surface area contributed by atoms with Gasteiger partial charge in [-0.25, -0.2) is 13.1 Å². The number of anilines is 1. The first-order chi connectivity index (χ1) is 11.9. The van der Waals surface area contributed by atoms with E-state index in [-0.39, 0.29) is 11.3 Å². The molecule has 0 amide bonds. The van der Waals surface area contributed by atoms with Gasteiger partial charge in [0.25, 0.3) is 0 Å². The molecule has 138 valence electrons. The number of hydrogen-bond donors (Lipinski definition) is 2. The normalized spacial score (nSPS) is 21.8. The number of fused-ring (bicyclic) bond motifs is 1. The monoisotopic (exact) mass is 380 g/mol. The Morgan fingerprint density at radius 1 is 1.16 bits per heavy atom. The third-order valence-corrected chi connectivity index (χ3v) is 8.20. The van der Waals surface area contributed by atoms with Gasteiger partial charge in [-0.2, -0.15) is 0 Å². The smallest absolute Gasteiger partial charge is 0.214 e. The number of thiophene rings is 1. The van der Waals surface area contributed by atoms with E-state index < -0.39 is 10.0 Å². The highest BCUT2D eigenvalue weighted by Gasteiger charge is 2.26. The summed E-state index contributed by atoms with van der Waals surface area (Å²) in [5.74, 6) is 0.609. The minimum atomic E-state index is -3.16. The summed E-state index contributed by atoms with van der Waals surface area (Å²) in [6, 6.07) is 6.62. The van der Waals surface area contributed by atoms with Gasteiger partial charge in [0.2, 0.25) is 10.0 Å². The number of rotatable bonds is 6. The average molecular weight is 381 g/mol. The molecule has 2 aromatic rings. The van der Waals surface area contributed by atoms with E-state index in [0.717, 1.165) is 32.2 Å². The van der Waals surface area contributed by atoms with E-state index in [1.54, 1.807) is 25.2 Å². The molecule has 1 fully saturated rings. The van der Waals surface area contributed by atoms with Crippen molar-refractivity contribution < 1.29 is 8.42 Å². The molecule has 1 aromatic carbocycles. The molecule has 0 radical (unpaired) electrons. The number of benzene rings is 1. The SMILES string of the molecule is Cc1c(NCC2CCC(NS(=O)(=O)C(C)C)CC2)ccc2ccsc12. The fourth-order valence-electron chi connectivity index (χ4n) is 3.47. The van der Waals surface area contributed by atoms with Crippen molar-refractivity contribution in [1.82, 2.24) is 4.72 Å². The molecule has 3 rings (SSSR count). The third-order valence-electron chi connectivity index (χ3n) is 5.25. The van der Waals surface area contributed by atoms with E-state index in [2.05, 4.69) is 40.5 Å². The minimum absolute atomic E-state index is 0.104. The van der Waals surface area contributed by atoms with Gasteiger partial charge in [0.1, 0.15) is 0 Å². The fraction of sp³-hybridized carbons (Fsp3) is 0.579. The molecular formula is C19H28N2O2S2. The van der Waals surface area contributed by atoms with Crippen LogP contribution in [0.25, 0.3) is 10.1 Å². The molecule has 0 saturated heterocycles. The maximum atomic E-state index is 12.0. The molecule has 1 aromatic heterocycles. The molecule has 0 bridgehead atoms. The number of aryl methyl sites for hydroxylation is 1. The molecule has 0 atom stereocenters. The standard InChI is InChI=1S/C19H28N2O2S2/c1-13(2)25(22,23)21-17-7-4-15(5-8-17)12-20-18-9-6-16-10-11-24-19(16)14(18)3/h6,9-11,13,15,17,20-21H,4-5,7-8,12H2,1-3H3. The molecule has 1 saturated carbocycles. The molecule has 1 aliphatic rings. The second kappa shape index (κ2) is 7.64. The van der Waals surface area contributed by atoms with Crippen LogP contribution in [0, 0.1) is 12.8 Å². The second-order valence-electron chi connectivity index (χ2n) is 7.39. The van der Waals surface area contributed by atoms with Gasteiger partial charge < -0.3 is 5.32 Å². The van der Waals surface area contributed by atoms with Gasteiger partial charge in [0, 0.05) is 23.0 Å². The number of hydrogen-bond acceptors (Lipinski definition) is 4. The summed E-state index contributed by atoms with van der Waals surface area (Å²) in [5, 5.41) is 6.71. The number of nitrogens with one attached hydrogen (secondary N) is 2. The van der Waals surface area contributed by atoms with Crippen molar-refractivity contribution in [2.45, 2.75) is 57.7 Å². The van der Waals surface area contributed by atoms with Crippen molar-refractivity contribution in [3.8, 4) is 0 Å². The molecule has 2 N–H and O–H groups in total. The Labute approximate surface area is 155 Å². The van der Waals surface area contributed by atoms with E-state index in [4.69, 9.17) is 0 Å². The summed E-state index contributed by atoms with van der Waals surface area (Å²) < 4.78 is 28.2. The van der Waals surface area contributed by atoms with Gasteiger partial charge in [0.15, 0.2) is 0 Å². The predicted octanol–water partition coefficient (Wildman–Crippen LogP) is 4.51. The third kappa shape index (κ3) is 4.36. The van der Waals surface area contributed by atoms with Gasteiger partial charge in [-0.3, -0.25) is 0 Å². The Bertz CT molecular complexity index is 819. The van der Waals surface area contributed by atoms with Crippen LogP contribution >= 0.6 is 11.3 Å². The molecule has 0 unspecified atom stereocenters. The molecule has 0 spiro atoms. The summed E-state index contributed by atoms with van der Waals surface area (Å²) in [7, 11) is -3.16. The van der Waals surface area contributed by atoms with E-state index in [9.17, 15) is 8.42 Å². The van der Waals surface area contributed by atoms with E-state index in [0.29, 0.717) is 5.92 Å². The quantitative estimate of drug-likeness (QED) is 0.775. The lowest BCUT2D eigenvalue weighted by molar-refractivity contribution is 0.323. The molecule has 4 nitrogen and oxygen atoms in total. The van der Waals surface area contributed by atoms with Crippen LogP contribution in [0.1, 0.15) is 45.1 Å². The lowest BCUT2D eigenvalue weighted by atomic mass is 9.86. The largest absolute Gasteiger partial charge is 0.385 e. The Balaban J connectivity index is 1.51. The highest BCUT2D eigenvalue weighted by molar-refractivity contribution is 7.90. The van der Waals surface area contributed by atoms with Crippen molar-refractivity contribution in [2.24, 2.45) is 5.92 Å². The van der Waals surface area contributed by atoms with Gasteiger partial charge in [0.05, 0.1) is 5.25 Å². The summed E-state index contributed by atoms with van der Waals surface area (Å²) in [6.45, 7) is 6.59. The van der Waals surface area contributed by atoms with Crippen LogP contribution in [-0.4, -0.2) is 26.3 Å². The highest BCUT2D eigenvalue weighted by Crippen LogP contribution is 2.31. The molecule has 1 heterocycles. The first kappa shape index (κ1) is 18.7. The summed E-state index contributed by atoms with van der Waals surface area (Å²) >= 11 is 1.79. The zero-order valence-corrected chi connectivity index (χ0v) is 16.8. The summed E-state index contributed by atoms with van der Waals surface area (Å²) in [5.41, 5.74) is 2.54. The average Bonchev–Trinajstić information content (AvgIpc) is 3.05. The van der Waals surface area contributed by atoms with Crippen molar-refractivity contribution in [3.63, 3.8) is 0 Å². The van der Waals surface area contributed by atoms with Gasteiger partial charge >= 0.3 is 0 Å². The van der Waals surface area contributed by atoms with Crippen LogP contribution in [0.15, 0.2) is 23.6 Å².